The first kappa shape index (κ1) is 14.3. The van der Waals surface area contributed by atoms with Gasteiger partial charge in [-0.15, -0.1) is 11.3 Å². The van der Waals surface area contributed by atoms with E-state index in [0.717, 1.165) is 15.6 Å². The second-order valence-corrected chi connectivity index (χ2v) is 5.72. The van der Waals surface area contributed by atoms with Crippen molar-refractivity contribution in [2.45, 2.75) is 19.8 Å². The monoisotopic (exact) mass is 291 g/mol. The molecule has 0 bridgehead atoms. The first-order valence-electron chi connectivity index (χ1n) is 6.34. The molecule has 1 heterocycles. The highest BCUT2D eigenvalue weighted by molar-refractivity contribution is 7.21. The van der Waals surface area contributed by atoms with Gasteiger partial charge in [-0.1, -0.05) is 11.6 Å². The Morgan fingerprint density at radius 1 is 1.35 bits per heavy atom. The van der Waals surface area contributed by atoms with Crippen LogP contribution in [0.3, 0.4) is 0 Å². The molecule has 1 aromatic heterocycles. The van der Waals surface area contributed by atoms with Crippen LogP contribution < -0.4 is 16.8 Å². The predicted octanol–water partition coefficient (Wildman–Crippen LogP) is 1.79. The number of carbonyl (C=O) groups is 2. The molecule has 106 valence electrons. The molecule has 0 unspecified atom stereocenters. The van der Waals surface area contributed by atoms with E-state index < -0.39 is 0 Å². The molecule has 2 amide bonds. The number of hydrogen-bond donors (Lipinski definition) is 3. The number of nitrogen functional groups attached to an aromatic ring is 1. The fourth-order valence-corrected chi connectivity index (χ4v) is 2.96. The highest BCUT2D eigenvalue weighted by Crippen LogP contribution is 2.34. The van der Waals surface area contributed by atoms with Gasteiger partial charge in [-0.25, -0.2) is 0 Å². The molecule has 0 spiro atoms. The zero-order valence-corrected chi connectivity index (χ0v) is 12.0. The summed E-state index contributed by atoms with van der Waals surface area (Å²) in [5, 5.41) is 3.67. The number of primary amides is 1. The number of rotatable bonds is 5. The van der Waals surface area contributed by atoms with Crippen LogP contribution >= 0.6 is 11.3 Å². The first-order valence-corrected chi connectivity index (χ1v) is 7.16. The van der Waals surface area contributed by atoms with E-state index in [1.165, 1.54) is 11.3 Å². The van der Waals surface area contributed by atoms with Crippen LogP contribution in [0, 0.1) is 6.92 Å². The highest BCUT2D eigenvalue weighted by Gasteiger charge is 2.15. The Bertz CT molecular complexity index is 664. The van der Waals surface area contributed by atoms with E-state index in [2.05, 4.69) is 5.32 Å². The zero-order chi connectivity index (χ0) is 14.7. The van der Waals surface area contributed by atoms with Crippen LogP contribution in [-0.2, 0) is 4.79 Å². The van der Waals surface area contributed by atoms with Gasteiger partial charge in [-0.3, -0.25) is 9.59 Å². The summed E-state index contributed by atoms with van der Waals surface area (Å²) in [6.07, 6.45) is 0.798. The lowest BCUT2D eigenvalue weighted by Gasteiger charge is -2.03. The van der Waals surface area contributed by atoms with Crippen molar-refractivity contribution in [2.24, 2.45) is 5.73 Å². The van der Waals surface area contributed by atoms with E-state index in [9.17, 15) is 9.59 Å². The predicted molar refractivity (Wildman–Crippen MR) is 81.7 cm³/mol. The van der Waals surface area contributed by atoms with Gasteiger partial charge in [0.2, 0.25) is 5.91 Å². The lowest BCUT2D eigenvalue weighted by atomic mass is 10.1. The van der Waals surface area contributed by atoms with Crippen molar-refractivity contribution in [1.82, 2.24) is 5.32 Å². The molecule has 0 fully saturated rings. The second kappa shape index (κ2) is 5.92. The summed E-state index contributed by atoms with van der Waals surface area (Å²) in [7, 11) is 0. The number of nitrogens with two attached hydrogens (primary N) is 2. The molecule has 0 aliphatic rings. The van der Waals surface area contributed by atoms with Gasteiger partial charge in [0.15, 0.2) is 0 Å². The molecule has 20 heavy (non-hydrogen) atoms. The number of anilines is 1. The molecule has 5 N–H and O–H groups in total. The van der Waals surface area contributed by atoms with Crippen LogP contribution in [0.25, 0.3) is 10.1 Å². The van der Waals surface area contributed by atoms with E-state index in [4.69, 9.17) is 11.5 Å². The molecule has 6 heteroatoms. The summed E-state index contributed by atoms with van der Waals surface area (Å²) in [5.74, 6) is -0.568. The number of amides is 2. The smallest absolute Gasteiger partial charge is 0.263 e. The van der Waals surface area contributed by atoms with E-state index in [1.54, 1.807) is 0 Å². The molecule has 5 nitrogen and oxygen atoms in total. The van der Waals surface area contributed by atoms with Crippen molar-refractivity contribution in [3.8, 4) is 0 Å². The van der Waals surface area contributed by atoms with Crippen molar-refractivity contribution >= 4 is 38.9 Å². The van der Waals surface area contributed by atoms with Crippen molar-refractivity contribution < 1.29 is 9.59 Å². The topological polar surface area (TPSA) is 98.2 Å². The van der Waals surface area contributed by atoms with Crippen molar-refractivity contribution in [3.63, 3.8) is 0 Å². The molecule has 0 saturated heterocycles. The average molecular weight is 291 g/mol. The quantitative estimate of drug-likeness (QED) is 0.732. The van der Waals surface area contributed by atoms with Crippen LogP contribution in [-0.4, -0.2) is 18.4 Å². The van der Waals surface area contributed by atoms with Gasteiger partial charge in [0, 0.05) is 23.1 Å². The summed E-state index contributed by atoms with van der Waals surface area (Å²) in [6, 6.07) is 5.94. The third-order valence-corrected chi connectivity index (χ3v) is 4.16. The minimum Gasteiger partial charge on any atom is -0.397 e. The third kappa shape index (κ3) is 3.08. The normalized spacial score (nSPS) is 10.7. The summed E-state index contributed by atoms with van der Waals surface area (Å²) in [5.41, 5.74) is 12.7. The second-order valence-electron chi connectivity index (χ2n) is 4.67. The Hall–Kier alpha value is -2.08. The molecule has 0 atom stereocenters. The number of nitrogens with one attached hydrogen (secondary N) is 1. The highest BCUT2D eigenvalue weighted by atomic mass is 32.1. The Morgan fingerprint density at radius 3 is 2.80 bits per heavy atom. The minimum absolute atomic E-state index is 0.203. The van der Waals surface area contributed by atoms with Crippen LogP contribution in [0.5, 0.6) is 0 Å². The van der Waals surface area contributed by atoms with Crippen LogP contribution in [0.15, 0.2) is 18.2 Å². The number of hydrogen-bond acceptors (Lipinski definition) is 4. The van der Waals surface area contributed by atoms with Crippen LogP contribution in [0.4, 0.5) is 5.69 Å². The van der Waals surface area contributed by atoms with Gasteiger partial charge in [0.05, 0.1) is 5.69 Å². The van der Waals surface area contributed by atoms with Gasteiger partial charge < -0.3 is 16.8 Å². The van der Waals surface area contributed by atoms with Crippen molar-refractivity contribution in [2.75, 3.05) is 12.3 Å². The molecule has 1 aromatic carbocycles. The van der Waals surface area contributed by atoms with E-state index in [1.807, 2.05) is 25.1 Å². The Morgan fingerprint density at radius 2 is 2.10 bits per heavy atom. The van der Waals surface area contributed by atoms with Crippen LogP contribution in [0.2, 0.25) is 0 Å². The Labute approximate surface area is 120 Å². The van der Waals surface area contributed by atoms with E-state index in [0.29, 0.717) is 23.5 Å². The van der Waals surface area contributed by atoms with Gasteiger partial charge in [-0.2, -0.15) is 0 Å². The summed E-state index contributed by atoms with van der Waals surface area (Å²) in [6.45, 7) is 2.40. The molecule has 0 aliphatic heterocycles. The van der Waals surface area contributed by atoms with Gasteiger partial charge >= 0.3 is 0 Å². The van der Waals surface area contributed by atoms with E-state index >= 15 is 0 Å². The molecule has 2 aromatic rings. The number of benzene rings is 1. The molecule has 2 rings (SSSR count). The molecule has 0 aliphatic carbocycles. The Kier molecular flexibility index (Phi) is 4.24. The van der Waals surface area contributed by atoms with Gasteiger partial charge in [-0.05, 0) is 25.5 Å². The van der Waals surface area contributed by atoms with Gasteiger partial charge in [0.1, 0.15) is 4.88 Å². The summed E-state index contributed by atoms with van der Waals surface area (Å²) < 4.78 is 0.996. The largest absolute Gasteiger partial charge is 0.397 e. The molecule has 0 radical (unpaired) electrons. The molecular formula is C14H17N3O2S. The standard InChI is InChI=1S/C14H17N3O2S/c1-8-4-5-10-9(7-8)12(16)13(20-10)14(19)17-6-2-3-11(15)18/h4-5,7H,2-3,6,16H2,1H3,(H2,15,18)(H,17,19). The minimum atomic E-state index is -0.365. The number of carbonyl (C=O) groups excluding carboxylic acids is 2. The van der Waals surface area contributed by atoms with Crippen molar-refractivity contribution in [3.05, 3.63) is 28.6 Å². The summed E-state index contributed by atoms with van der Waals surface area (Å²) >= 11 is 1.38. The van der Waals surface area contributed by atoms with Crippen LogP contribution in [0.1, 0.15) is 28.1 Å². The third-order valence-electron chi connectivity index (χ3n) is 2.97. The van der Waals surface area contributed by atoms with Crippen molar-refractivity contribution in [1.29, 1.82) is 0 Å². The Balaban J connectivity index is 2.10. The molecule has 0 saturated carbocycles. The maximum Gasteiger partial charge on any atom is 0.263 e. The zero-order valence-electron chi connectivity index (χ0n) is 11.2. The van der Waals surface area contributed by atoms with E-state index in [-0.39, 0.29) is 18.2 Å². The fourth-order valence-electron chi connectivity index (χ4n) is 1.94. The lowest BCUT2D eigenvalue weighted by molar-refractivity contribution is -0.118. The first-order chi connectivity index (χ1) is 9.49. The lowest BCUT2D eigenvalue weighted by Crippen LogP contribution is -2.25. The summed E-state index contributed by atoms with van der Waals surface area (Å²) in [4.78, 5) is 23.2. The SMILES string of the molecule is Cc1ccc2sc(C(=O)NCCCC(N)=O)c(N)c2c1. The fraction of sp³-hybridized carbons (Fsp3) is 0.286. The number of thiophene rings is 1. The number of aryl methyl sites for hydroxylation is 1. The average Bonchev–Trinajstić information content (AvgIpc) is 2.72. The van der Waals surface area contributed by atoms with Gasteiger partial charge in [0.25, 0.3) is 5.91 Å². The number of fused-ring (bicyclic) bond motifs is 1. The maximum absolute atomic E-state index is 12.1. The molecular weight excluding hydrogens is 274 g/mol. The maximum atomic E-state index is 12.1.